The number of rotatable bonds is 3. The lowest BCUT2D eigenvalue weighted by Crippen LogP contribution is -1.93. The van der Waals surface area contributed by atoms with Crippen LogP contribution in [0.15, 0.2) is 60.8 Å². The van der Waals surface area contributed by atoms with Gasteiger partial charge in [0, 0.05) is 52.6 Å². The van der Waals surface area contributed by atoms with E-state index in [-0.39, 0.29) is 5.69 Å². The number of benzene rings is 3. The van der Waals surface area contributed by atoms with Crippen LogP contribution in [0.3, 0.4) is 0 Å². The second-order valence-electron chi connectivity index (χ2n) is 7.40. The summed E-state index contributed by atoms with van der Waals surface area (Å²) < 4.78 is 7.66. The van der Waals surface area contributed by atoms with E-state index in [1.807, 2.05) is 12.1 Å². The summed E-state index contributed by atoms with van der Waals surface area (Å²) in [6, 6.07) is 16.9. The van der Waals surface area contributed by atoms with Crippen LogP contribution in [-0.2, 0) is 7.05 Å². The van der Waals surface area contributed by atoms with Crippen molar-refractivity contribution in [3.05, 3.63) is 76.5 Å². The number of nitro benzene ring substituents is 1. The summed E-state index contributed by atoms with van der Waals surface area (Å²) in [5, 5.41) is 15.4. The predicted octanol–water partition coefficient (Wildman–Crippen LogP) is 5.77. The Balaban J connectivity index is 1.86. The third-order valence-corrected chi connectivity index (χ3v) is 5.84. The molecule has 3 aromatic carbocycles. The van der Waals surface area contributed by atoms with E-state index in [1.54, 1.807) is 25.4 Å². The lowest BCUT2D eigenvalue weighted by molar-refractivity contribution is -0.384. The largest absolute Gasteiger partial charge is 0.497 e. The van der Waals surface area contributed by atoms with E-state index in [2.05, 4.69) is 41.7 Å². The molecule has 0 aliphatic heterocycles. The van der Waals surface area contributed by atoms with E-state index in [0.717, 1.165) is 44.1 Å². The first-order valence-electron chi connectivity index (χ1n) is 9.59. The van der Waals surface area contributed by atoms with Gasteiger partial charge in [-0.05, 0) is 60.3 Å². The van der Waals surface area contributed by atoms with Crippen molar-refractivity contribution >= 4 is 38.3 Å². The van der Waals surface area contributed by atoms with Crippen molar-refractivity contribution in [2.75, 3.05) is 7.11 Å². The monoisotopic (exact) mass is 397 g/mol. The van der Waals surface area contributed by atoms with Crippen molar-refractivity contribution in [3.63, 3.8) is 0 Å². The van der Waals surface area contributed by atoms with Gasteiger partial charge in [0.05, 0.1) is 23.2 Å². The maximum atomic E-state index is 11.0. The number of pyridine rings is 1. The van der Waals surface area contributed by atoms with Crippen LogP contribution in [0.25, 0.3) is 43.8 Å². The summed E-state index contributed by atoms with van der Waals surface area (Å²) in [7, 11) is 3.75. The Hall–Kier alpha value is -3.93. The fourth-order valence-electron chi connectivity index (χ4n) is 4.37. The smallest absolute Gasteiger partial charge is 0.269 e. The van der Waals surface area contributed by atoms with Gasteiger partial charge in [0.2, 0.25) is 0 Å². The van der Waals surface area contributed by atoms with Crippen LogP contribution in [0.2, 0.25) is 0 Å². The third kappa shape index (κ3) is 2.54. The molecule has 5 rings (SSSR count). The zero-order valence-corrected chi connectivity index (χ0v) is 16.8. The van der Waals surface area contributed by atoms with Crippen LogP contribution in [0.5, 0.6) is 5.75 Å². The Morgan fingerprint density at radius 2 is 1.73 bits per heavy atom. The molecule has 6 nitrogen and oxygen atoms in total. The molecule has 6 heteroatoms. The molecule has 30 heavy (non-hydrogen) atoms. The lowest BCUT2D eigenvalue weighted by atomic mass is 9.97. The molecular formula is C24H19N3O3. The van der Waals surface area contributed by atoms with E-state index in [9.17, 15) is 10.1 Å². The number of aryl methyl sites for hydroxylation is 2. The van der Waals surface area contributed by atoms with E-state index < -0.39 is 4.92 Å². The number of hydrogen-bond donors (Lipinski definition) is 0. The van der Waals surface area contributed by atoms with Crippen molar-refractivity contribution < 1.29 is 9.66 Å². The Labute approximate surface area is 172 Å². The standard InChI is InChI=1S/C24H19N3O3/c1-14-18-10-11-25-23(15-4-6-16(7-5-15)27(28)29)20(18)13-21-19-12-17(30-3)8-9-22(19)26(2)24(14)21/h4-13H,1-3H3. The fraction of sp³-hybridized carbons (Fsp3) is 0.125. The van der Waals surface area contributed by atoms with Crippen LogP contribution >= 0.6 is 0 Å². The molecule has 148 valence electrons. The van der Waals surface area contributed by atoms with Gasteiger partial charge in [0.15, 0.2) is 0 Å². The molecule has 0 saturated carbocycles. The molecular weight excluding hydrogens is 378 g/mol. The summed E-state index contributed by atoms with van der Waals surface area (Å²) >= 11 is 0. The fourth-order valence-corrected chi connectivity index (χ4v) is 4.37. The summed E-state index contributed by atoms with van der Waals surface area (Å²) in [4.78, 5) is 15.2. The second-order valence-corrected chi connectivity index (χ2v) is 7.40. The van der Waals surface area contributed by atoms with Gasteiger partial charge in [-0.25, -0.2) is 0 Å². The Bertz CT molecular complexity index is 1470. The quantitative estimate of drug-likeness (QED) is 0.286. The zero-order valence-electron chi connectivity index (χ0n) is 16.8. The minimum atomic E-state index is -0.391. The maximum Gasteiger partial charge on any atom is 0.269 e. The molecule has 0 atom stereocenters. The number of nitro groups is 1. The highest BCUT2D eigenvalue weighted by Gasteiger charge is 2.17. The summed E-state index contributed by atoms with van der Waals surface area (Å²) in [5.74, 6) is 0.814. The zero-order chi connectivity index (χ0) is 21.0. The minimum absolute atomic E-state index is 0.0682. The lowest BCUT2D eigenvalue weighted by Gasteiger charge is -2.11. The SMILES string of the molecule is COc1ccc2c(c1)c1cc3c(-c4ccc([N+](=O)[O-])cc4)nccc3c(C)c1n2C. The molecule has 0 N–H and O–H groups in total. The van der Waals surface area contributed by atoms with Crippen molar-refractivity contribution in [3.8, 4) is 17.0 Å². The van der Waals surface area contributed by atoms with Crippen LogP contribution in [0.4, 0.5) is 5.69 Å². The number of methoxy groups -OCH3 is 1. The topological polar surface area (TPSA) is 70.2 Å². The van der Waals surface area contributed by atoms with Gasteiger partial charge in [-0.3, -0.25) is 15.1 Å². The highest BCUT2D eigenvalue weighted by Crippen LogP contribution is 2.38. The van der Waals surface area contributed by atoms with Gasteiger partial charge in [-0.1, -0.05) is 0 Å². The number of ether oxygens (including phenoxy) is 1. The van der Waals surface area contributed by atoms with E-state index in [4.69, 9.17) is 4.74 Å². The van der Waals surface area contributed by atoms with Crippen molar-refractivity contribution in [1.29, 1.82) is 0 Å². The first kappa shape index (κ1) is 18.1. The van der Waals surface area contributed by atoms with Crippen LogP contribution in [-0.4, -0.2) is 21.6 Å². The van der Waals surface area contributed by atoms with Gasteiger partial charge >= 0.3 is 0 Å². The van der Waals surface area contributed by atoms with Gasteiger partial charge in [-0.15, -0.1) is 0 Å². The summed E-state index contributed by atoms with van der Waals surface area (Å²) in [5.41, 5.74) is 5.21. The molecule has 0 bridgehead atoms. The average Bonchev–Trinajstić information content (AvgIpc) is 3.05. The molecule has 0 amide bonds. The molecule has 0 fully saturated rings. The highest BCUT2D eigenvalue weighted by atomic mass is 16.6. The Morgan fingerprint density at radius 1 is 0.967 bits per heavy atom. The molecule has 2 heterocycles. The molecule has 2 aromatic heterocycles. The molecule has 0 saturated heterocycles. The van der Waals surface area contributed by atoms with Crippen LogP contribution < -0.4 is 4.74 Å². The van der Waals surface area contributed by atoms with Crippen molar-refractivity contribution in [2.45, 2.75) is 6.92 Å². The van der Waals surface area contributed by atoms with E-state index >= 15 is 0 Å². The van der Waals surface area contributed by atoms with Gasteiger partial charge in [-0.2, -0.15) is 0 Å². The maximum absolute atomic E-state index is 11.0. The van der Waals surface area contributed by atoms with Crippen molar-refractivity contribution in [1.82, 2.24) is 9.55 Å². The van der Waals surface area contributed by atoms with E-state index in [0.29, 0.717) is 0 Å². The Kier molecular flexibility index (Phi) is 3.96. The van der Waals surface area contributed by atoms with E-state index in [1.165, 1.54) is 23.2 Å². The number of nitrogens with zero attached hydrogens (tertiary/aromatic N) is 3. The molecule has 0 aliphatic carbocycles. The molecule has 0 spiro atoms. The second kappa shape index (κ2) is 6.56. The molecule has 0 aliphatic rings. The van der Waals surface area contributed by atoms with Gasteiger partial charge in [0.25, 0.3) is 5.69 Å². The molecule has 0 unspecified atom stereocenters. The molecule has 5 aromatic rings. The normalized spacial score (nSPS) is 11.4. The predicted molar refractivity (Wildman–Crippen MR) is 119 cm³/mol. The van der Waals surface area contributed by atoms with Crippen molar-refractivity contribution in [2.24, 2.45) is 7.05 Å². The van der Waals surface area contributed by atoms with Gasteiger partial charge in [0.1, 0.15) is 5.75 Å². The first-order chi connectivity index (χ1) is 14.5. The van der Waals surface area contributed by atoms with Gasteiger partial charge < -0.3 is 9.30 Å². The minimum Gasteiger partial charge on any atom is -0.497 e. The summed E-state index contributed by atoms with van der Waals surface area (Å²) in [6.45, 7) is 2.13. The highest BCUT2D eigenvalue weighted by molar-refractivity contribution is 6.16. The molecule has 0 radical (unpaired) electrons. The van der Waals surface area contributed by atoms with Crippen LogP contribution in [0, 0.1) is 17.0 Å². The van der Waals surface area contributed by atoms with Crippen LogP contribution in [0.1, 0.15) is 5.56 Å². The number of hydrogen-bond acceptors (Lipinski definition) is 4. The summed E-state index contributed by atoms with van der Waals surface area (Å²) in [6.07, 6.45) is 1.80. The number of aromatic nitrogens is 2. The number of fused-ring (bicyclic) bond motifs is 4. The number of non-ortho nitro benzene ring substituents is 1. The average molecular weight is 397 g/mol. The first-order valence-corrected chi connectivity index (χ1v) is 9.59. The Morgan fingerprint density at radius 3 is 2.43 bits per heavy atom. The third-order valence-electron chi connectivity index (χ3n) is 5.84.